The predicted molar refractivity (Wildman–Crippen MR) is 124 cm³/mol. The number of hydrogen-bond acceptors (Lipinski definition) is 5. The SMILES string of the molecule is COc1ccc(-c2ccc3c(c2)[C@@H]2[C@@H](CCN2S(=O)(=O)c2ccccc2F)[C@H](CO)N3)cc1. The molecule has 0 bridgehead atoms. The van der Waals surface area contributed by atoms with Gasteiger partial charge in [-0.05, 0) is 59.5 Å². The maximum absolute atomic E-state index is 14.5. The average molecular weight is 469 g/mol. The van der Waals surface area contributed by atoms with Crippen LogP contribution in [-0.2, 0) is 10.0 Å². The van der Waals surface area contributed by atoms with Gasteiger partial charge in [0.05, 0.1) is 25.8 Å². The van der Waals surface area contributed by atoms with E-state index in [-0.39, 0.29) is 30.0 Å². The van der Waals surface area contributed by atoms with E-state index in [1.54, 1.807) is 7.11 Å². The highest BCUT2D eigenvalue weighted by atomic mass is 32.2. The summed E-state index contributed by atoms with van der Waals surface area (Å²) in [5, 5.41) is 13.4. The molecule has 1 saturated heterocycles. The van der Waals surface area contributed by atoms with Crippen LogP contribution in [0.5, 0.6) is 5.75 Å². The van der Waals surface area contributed by atoms with Crippen molar-refractivity contribution < 1.29 is 22.7 Å². The molecule has 3 aromatic carbocycles. The van der Waals surface area contributed by atoms with Gasteiger partial charge in [0.25, 0.3) is 0 Å². The Balaban J connectivity index is 1.60. The van der Waals surface area contributed by atoms with Crippen molar-refractivity contribution in [2.45, 2.75) is 23.4 Å². The van der Waals surface area contributed by atoms with Crippen LogP contribution >= 0.6 is 0 Å². The summed E-state index contributed by atoms with van der Waals surface area (Å²) in [6.07, 6.45) is 0.572. The van der Waals surface area contributed by atoms with Crippen LogP contribution in [0.1, 0.15) is 18.0 Å². The third kappa shape index (κ3) is 3.68. The Hall–Kier alpha value is -2.94. The zero-order valence-electron chi connectivity index (χ0n) is 18.1. The molecule has 2 aliphatic rings. The van der Waals surface area contributed by atoms with E-state index in [0.29, 0.717) is 6.42 Å². The number of rotatable bonds is 5. The molecule has 8 heteroatoms. The molecule has 0 unspecified atom stereocenters. The summed E-state index contributed by atoms with van der Waals surface area (Å²) in [5.41, 5.74) is 3.52. The fourth-order valence-electron chi connectivity index (χ4n) is 5.03. The summed E-state index contributed by atoms with van der Waals surface area (Å²) >= 11 is 0. The Morgan fingerprint density at radius 1 is 1.09 bits per heavy atom. The van der Waals surface area contributed by atoms with Crippen molar-refractivity contribution in [3.05, 3.63) is 78.1 Å². The molecule has 5 rings (SSSR count). The van der Waals surface area contributed by atoms with Gasteiger partial charge in [0, 0.05) is 18.2 Å². The van der Waals surface area contributed by atoms with Crippen LogP contribution in [0.25, 0.3) is 11.1 Å². The van der Waals surface area contributed by atoms with Gasteiger partial charge >= 0.3 is 0 Å². The number of aliphatic hydroxyl groups excluding tert-OH is 1. The highest BCUT2D eigenvalue weighted by molar-refractivity contribution is 7.89. The van der Waals surface area contributed by atoms with E-state index in [0.717, 1.165) is 34.2 Å². The minimum Gasteiger partial charge on any atom is -0.497 e. The zero-order chi connectivity index (χ0) is 23.2. The van der Waals surface area contributed by atoms with Crippen molar-refractivity contribution in [2.75, 3.05) is 25.6 Å². The number of halogens is 1. The van der Waals surface area contributed by atoms with Crippen molar-refractivity contribution in [2.24, 2.45) is 5.92 Å². The standard InChI is InChI=1S/C25H25FN2O4S/c1-32-18-9-6-16(7-10-18)17-8-11-22-20(14-17)25-19(23(15-29)27-22)12-13-28(25)33(30,31)24-5-3-2-4-21(24)26/h2-11,14,19,23,25,27,29H,12-13,15H2,1H3/t19-,23-,25-/m0/s1. The second-order valence-electron chi connectivity index (χ2n) is 8.41. The van der Waals surface area contributed by atoms with E-state index in [1.165, 1.54) is 22.5 Å². The van der Waals surface area contributed by atoms with Crippen molar-refractivity contribution in [3.63, 3.8) is 0 Å². The summed E-state index contributed by atoms with van der Waals surface area (Å²) < 4.78 is 48.2. The summed E-state index contributed by atoms with van der Waals surface area (Å²) in [5.74, 6) is -0.141. The average Bonchev–Trinajstić information content (AvgIpc) is 3.30. The molecule has 172 valence electrons. The Labute approximate surface area is 192 Å². The number of fused-ring (bicyclic) bond motifs is 3. The van der Waals surface area contributed by atoms with Crippen LogP contribution in [0.3, 0.4) is 0 Å². The second kappa shape index (κ2) is 8.44. The smallest absolute Gasteiger partial charge is 0.246 e. The molecule has 0 amide bonds. The van der Waals surface area contributed by atoms with Gasteiger partial charge in [-0.2, -0.15) is 4.31 Å². The maximum atomic E-state index is 14.5. The molecule has 6 nitrogen and oxygen atoms in total. The van der Waals surface area contributed by atoms with E-state index in [1.807, 2.05) is 42.5 Å². The number of methoxy groups -OCH3 is 1. The van der Waals surface area contributed by atoms with Crippen molar-refractivity contribution in [1.82, 2.24) is 4.31 Å². The van der Waals surface area contributed by atoms with Crippen LogP contribution in [0.4, 0.5) is 10.1 Å². The first kappa shape index (κ1) is 21.9. The number of anilines is 1. The number of sulfonamides is 1. The molecule has 2 N–H and O–H groups in total. The Morgan fingerprint density at radius 2 is 1.82 bits per heavy atom. The molecular formula is C25H25FN2O4S. The molecule has 1 fully saturated rings. The van der Waals surface area contributed by atoms with E-state index in [9.17, 15) is 17.9 Å². The molecule has 3 atom stereocenters. The fourth-order valence-corrected chi connectivity index (χ4v) is 6.77. The second-order valence-corrected chi connectivity index (χ2v) is 10.3. The summed E-state index contributed by atoms with van der Waals surface area (Å²) in [7, 11) is -2.46. The van der Waals surface area contributed by atoms with E-state index < -0.39 is 21.9 Å². The van der Waals surface area contributed by atoms with Gasteiger partial charge in [-0.25, -0.2) is 12.8 Å². The van der Waals surface area contributed by atoms with E-state index in [2.05, 4.69) is 5.32 Å². The lowest BCUT2D eigenvalue weighted by molar-refractivity contribution is 0.210. The number of aliphatic hydroxyl groups is 1. The largest absolute Gasteiger partial charge is 0.497 e. The Kier molecular flexibility index (Phi) is 5.60. The minimum absolute atomic E-state index is 0.117. The van der Waals surface area contributed by atoms with Crippen molar-refractivity contribution in [3.8, 4) is 16.9 Å². The monoisotopic (exact) mass is 468 g/mol. The number of ether oxygens (including phenoxy) is 1. The lowest BCUT2D eigenvalue weighted by Crippen LogP contribution is -2.43. The third-order valence-electron chi connectivity index (χ3n) is 6.67. The first-order valence-electron chi connectivity index (χ1n) is 10.9. The highest BCUT2D eigenvalue weighted by Gasteiger charge is 2.49. The van der Waals surface area contributed by atoms with Crippen LogP contribution in [0.15, 0.2) is 71.6 Å². The number of hydrogen-bond donors (Lipinski definition) is 2. The quantitative estimate of drug-likeness (QED) is 0.591. The molecule has 33 heavy (non-hydrogen) atoms. The molecule has 0 aromatic heterocycles. The van der Waals surface area contributed by atoms with Crippen molar-refractivity contribution >= 4 is 15.7 Å². The van der Waals surface area contributed by atoms with Crippen LogP contribution in [0.2, 0.25) is 0 Å². The normalized spacial score (nSPS) is 22.3. The lowest BCUT2D eigenvalue weighted by Gasteiger charge is -2.39. The van der Waals surface area contributed by atoms with Gasteiger partial charge in [0.15, 0.2) is 0 Å². The van der Waals surface area contributed by atoms with E-state index >= 15 is 0 Å². The molecule has 2 aliphatic heterocycles. The highest BCUT2D eigenvalue weighted by Crippen LogP contribution is 2.49. The third-order valence-corrected chi connectivity index (χ3v) is 8.58. The van der Waals surface area contributed by atoms with Crippen molar-refractivity contribution in [1.29, 1.82) is 0 Å². The number of nitrogens with one attached hydrogen (secondary N) is 1. The molecule has 2 heterocycles. The van der Waals surface area contributed by atoms with E-state index in [4.69, 9.17) is 4.74 Å². The minimum atomic E-state index is -4.07. The van der Waals surface area contributed by atoms with Gasteiger partial charge in [0.1, 0.15) is 16.5 Å². The van der Waals surface area contributed by atoms with Crippen LogP contribution in [-0.4, -0.2) is 44.1 Å². The van der Waals surface area contributed by atoms with Gasteiger partial charge in [-0.15, -0.1) is 0 Å². The molecule has 0 spiro atoms. The number of benzene rings is 3. The Bertz CT molecular complexity index is 1280. The first-order chi connectivity index (χ1) is 15.9. The predicted octanol–water partition coefficient (Wildman–Crippen LogP) is 4.04. The van der Waals surface area contributed by atoms with Crippen LogP contribution < -0.4 is 10.1 Å². The molecule has 3 aromatic rings. The zero-order valence-corrected chi connectivity index (χ0v) is 18.9. The van der Waals surface area contributed by atoms with Gasteiger partial charge < -0.3 is 15.2 Å². The lowest BCUT2D eigenvalue weighted by atomic mass is 9.82. The first-order valence-corrected chi connectivity index (χ1v) is 12.3. The Morgan fingerprint density at radius 3 is 2.52 bits per heavy atom. The summed E-state index contributed by atoms with van der Waals surface area (Å²) in [4.78, 5) is -0.322. The van der Waals surface area contributed by atoms with Crippen LogP contribution in [0, 0.1) is 11.7 Å². The van der Waals surface area contributed by atoms with Gasteiger partial charge in [0.2, 0.25) is 10.0 Å². The maximum Gasteiger partial charge on any atom is 0.246 e. The fraction of sp³-hybridized carbons (Fsp3) is 0.280. The molecule has 0 saturated carbocycles. The van der Waals surface area contributed by atoms with Gasteiger partial charge in [-0.1, -0.05) is 30.3 Å². The molecule has 0 aliphatic carbocycles. The summed E-state index contributed by atoms with van der Waals surface area (Å²) in [6, 6.07) is 18.2. The van der Waals surface area contributed by atoms with Gasteiger partial charge in [-0.3, -0.25) is 0 Å². The number of nitrogens with zero attached hydrogens (tertiary/aromatic N) is 1. The molecular weight excluding hydrogens is 443 g/mol. The summed E-state index contributed by atoms with van der Waals surface area (Å²) in [6.45, 7) is 0.144. The molecule has 0 radical (unpaired) electrons. The topological polar surface area (TPSA) is 78.9 Å².